The molecule has 2 aliphatic rings. The lowest BCUT2D eigenvalue weighted by Gasteiger charge is -2.32. The van der Waals surface area contributed by atoms with E-state index in [-0.39, 0.29) is 23.1 Å². The Labute approximate surface area is 116 Å². The molecule has 0 atom stereocenters. The van der Waals surface area contributed by atoms with E-state index in [2.05, 4.69) is 9.80 Å². The molecule has 1 N–H and O–H groups in total. The Bertz CT molecular complexity index is 172. The van der Waals surface area contributed by atoms with Crippen LogP contribution in [0.5, 0.6) is 0 Å². The van der Waals surface area contributed by atoms with Gasteiger partial charge in [0.1, 0.15) is 0 Å². The smallest absolute Gasteiger partial charge is 0.0793 e. The Morgan fingerprint density at radius 1 is 0.706 bits per heavy atom. The molecule has 0 aromatic rings. The van der Waals surface area contributed by atoms with Crippen molar-refractivity contribution < 1.29 is 5.11 Å². The van der Waals surface area contributed by atoms with Gasteiger partial charge in [0.25, 0.3) is 0 Å². The number of halogens is 1. The highest BCUT2D eigenvalue weighted by Gasteiger charge is 2.18. The summed E-state index contributed by atoms with van der Waals surface area (Å²) in [5.74, 6) is 0. The van der Waals surface area contributed by atoms with Crippen LogP contribution in [-0.2, 0) is 0 Å². The fourth-order valence-corrected chi connectivity index (χ4v) is 2.94. The standard InChI is InChI=1S/C13H26N2O.BrH/c16-13(11-14-7-3-1-4-8-14)12-15-9-5-2-6-10-15;/h13,16H,1-12H2;1H. The summed E-state index contributed by atoms with van der Waals surface area (Å²) < 4.78 is 0. The van der Waals surface area contributed by atoms with Gasteiger partial charge in [0.15, 0.2) is 0 Å². The zero-order valence-electron chi connectivity index (χ0n) is 10.8. The van der Waals surface area contributed by atoms with Crippen LogP contribution in [0.3, 0.4) is 0 Å². The second-order valence-corrected chi connectivity index (χ2v) is 5.38. The molecule has 4 heteroatoms. The average Bonchev–Trinajstić information content (AvgIpc) is 2.31. The molecule has 2 rings (SSSR count). The SMILES string of the molecule is Br.OC(CN1CCCCC1)CN1CCCCC1. The summed E-state index contributed by atoms with van der Waals surface area (Å²) in [7, 11) is 0. The Kier molecular flexibility index (Phi) is 7.67. The minimum absolute atomic E-state index is 0. The molecular weight excluding hydrogens is 280 g/mol. The molecule has 2 saturated heterocycles. The fourth-order valence-electron chi connectivity index (χ4n) is 2.94. The van der Waals surface area contributed by atoms with E-state index in [1.54, 1.807) is 0 Å². The Hall–Kier alpha value is 0.360. The normalized spacial score (nSPS) is 23.6. The van der Waals surface area contributed by atoms with Crippen molar-refractivity contribution in [3.8, 4) is 0 Å². The van der Waals surface area contributed by atoms with Crippen LogP contribution in [0.2, 0.25) is 0 Å². The van der Waals surface area contributed by atoms with E-state index in [1.165, 1.54) is 64.7 Å². The quantitative estimate of drug-likeness (QED) is 0.859. The molecule has 0 saturated carbocycles. The van der Waals surface area contributed by atoms with Crippen LogP contribution in [0.25, 0.3) is 0 Å². The number of piperidine rings is 2. The first kappa shape index (κ1) is 15.4. The number of aliphatic hydroxyl groups is 1. The van der Waals surface area contributed by atoms with Crippen LogP contribution in [-0.4, -0.2) is 60.3 Å². The van der Waals surface area contributed by atoms with Crippen LogP contribution in [0.1, 0.15) is 38.5 Å². The first-order valence-corrected chi connectivity index (χ1v) is 6.97. The van der Waals surface area contributed by atoms with Gasteiger partial charge in [0.05, 0.1) is 6.10 Å². The molecule has 17 heavy (non-hydrogen) atoms. The number of rotatable bonds is 4. The summed E-state index contributed by atoms with van der Waals surface area (Å²) >= 11 is 0. The van der Waals surface area contributed by atoms with Gasteiger partial charge in [0.2, 0.25) is 0 Å². The van der Waals surface area contributed by atoms with Crippen molar-refractivity contribution in [2.45, 2.75) is 44.6 Å². The lowest BCUT2D eigenvalue weighted by Crippen LogP contribution is -2.43. The molecule has 0 aromatic carbocycles. The van der Waals surface area contributed by atoms with Crippen LogP contribution >= 0.6 is 17.0 Å². The van der Waals surface area contributed by atoms with Crippen LogP contribution < -0.4 is 0 Å². The van der Waals surface area contributed by atoms with Gasteiger partial charge in [0, 0.05) is 13.1 Å². The maximum atomic E-state index is 10.1. The molecule has 0 bridgehead atoms. The maximum absolute atomic E-state index is 10.1. The van der Waals surface area contributed by atoms with Gasteiger partial charge in [-0.25, -0.2) is 0 Å². The molecule has 102 valence electrons. The zero-order valence-corrected chi connectivity index (χ0v) is 12.5. The first-order chi connectivity index (χ1) is 7.84. The second-order valence-electron chi connectivity index (χ2n) is 5.38. The summed E-state index contributed by atoms with van der Waals surface area (Å²) in [5, 5.41) is 10.1. The van der Waals surface area contributed by atoms with E-state index in [0.717, 1.165) is 13.1 Å². The van der Waals surface area contributed by atoms with E-state index < -0.39 is 0 Å². The van der Waals surface area contributed by atoms with Crippen LogP contribution in [0.15, 0.2) is 0 Å². The predicted molar refractivity (Wildman–Crippen MR) is 76.9 cm³/mol. The lowest BCUT2D eigenvalue weighted by molar-refractivity contribution is 0.0610. The maximum Gasteiger partial charge on any atom is 0.0793 e. The molecule has 2 fully saturated rings. The highest BCUT2D eigenvalue weighted by molar-refractivity contribution is 8.93. The minimum atomic E-state index is -0.142. The Morgan fingerprint density at radius 2 is 1.06 bits per heavy atom. The first-order valence-electron chi connectivity index (χ1n) is 6.97. The monoisotopic (exact) mass is 306 g/mol. The van der Waals surface area contributed by atoms with E-state index >= 15 is 0 Å². The van der Waals surface area contributed by atoms with Gasteiger partial charge in [-0.1, -0.05) is 12.8 Å². The number of hydrogen-bond donors (Lipinski definition) is 1. The van der Waals surface area contributed by atoms with Crippen molar-refractivity contribution in [2.24, 2.45) is 0 Å². The number of likely N-dealkylation sites (tertiary alicyclic amines) is 2. The zero-order chi connectivity index (χ0) is 11.2. The number of aliphatic hydroxyl groups excluding tert-OH is 1. The van der Waals surface area contributed by atoms with Crippen LogP contribution in [0, 0.1) is 0 Å². The average molecular weight is 307 g/mol. The molecule has 0 aromatic heterocycles. The van der Waals surface area contributed by atoms with Gasteiger partial charge in [-0.15, -0.1) is 17.0 Å². The summed E-state index contributed by atoms with van der Waals surface area (Å²) in [6, 6.07) is 0. The molecule has 0 radical (unpaired) electrons. The van der Waals surface area contributed by atoms with Crippen molar-refractivity contribution in [2.75, 3.05) is 39.3 Å². The Balaban J connectivity index is 0.00000144. The molecular formula is C13H27BrN2O. The summed E-state index contributed by atoms with van der Waals surface area (Å²) in [6.45, 7) is 6.54. The Morgan fingerprint density at radius 3 is 1.41 bits per heavy atom. The van der Waals surface area contributed by atoms with Gasteiger partial charge in [-0.05, 0) is 51.9 Å². The summed E-state index contributed by atoms with van der Waals surface area (Å²) in [4.78, 5) is 4.86. The van der Waals surface area contributed by atoms with Gasteiger partial charge < -0.3 is 14.9 Å². The third kappa shape index (κ3) is 5.69. The van der Waals surface area contributed by atoms with Crippen molar-refractivity contribution in [1.29, 1.82) is 0 Å². The van der Waals surface area contributed by atoms with E-state index in [0.29, 0.717) is 0 Å². The molecule has 0 spiro atoms. The van der Waals surface area contributed by atoms with E-state index in [9.17, 15) is 5.11 Å². The summed E-state index contributed by atoms with van der Waals surface area (Å²) in [5.41, 5.74) is 0. The van der Waals surface area contributed by atoms with Gasteiger partial charge >= 0.3 is 0 Å². The van der Waals surface area contributed by atoms with Crippen molar-refractivity contribution >= 4 is 17.0 Å². The largest absolute Gasteiger partial charge is 0.390 e. The summed E-state index contributed by atoms with van der Waals surface area (Å²) in [6.07, 6.45) is 7.87. The van der Waals surface area contributed by atoms with Gasteiger partial charge in [-0.2, -0.15) is 0 Å². The third-order valence-electron chi connectivity index (χ3n) is 3.84. The van der Waals surface area contributed by atoms with Crippen molar-refractivity contribution in [3.63, 3.8) is 0 Å². The predicted octanol–water partition coefficient (Wildman–Crippen LogP) is 1.90. The number of nitrogens with zero attached hydrogens (tertiary/aromatic N) is 2. The highest BCUT2D eigenvalue weighted by Crippen LogP contribution is 2.11. The molecule has 0 aliphatic carbocycles. The topological polar surface area (TPSA) is 26.7 Å². The molecule has 0 unspecified atom stereocenters. The molecule has 3 nitrogen and oxygen atoms in total. The lowest BCUT2D eigenvalue weighted by atomic mass is 10.1. The van der Waals surface area contributed by atoms with Crippen molar-refractivity contribution in [3.05, 3.63) is 0 Å². The van der Waals surface area contributed by atoms with E-state index in [4.69, 9.17) is 0 Å². The second kappa shape index (κ2) is 8.46. The fraction of sp³-hybridized carbons (Fsp3) is 1.00. The number of β-amino-alcohol motifs (C(OH)–C–C–N with tert-alkyl or cyclic N) is 1. The molecule has 0 amide bonds. The van der Waals surface area contributed by atoms with Crippen molar-refractivity contribution in [1.82, 2.24) is 9.80 Å². The molecule has 2 aliphatic heterocycles. The van der Waals surface area contributed by atoms with Gasteiger partial charge in [-0.3, -0.25) is 0 Å². The van der Waals surface area contributed by atoms with Crippen LogP contribution in [0.4, 0.5) is 0 Å². The van der Waals surface area contributed by atoms with E-state index in [1.807, 2.05) is 0 Å². The minimum Gasteiger partial charge on any atom is -0.390 e. The number of hydrogen-bond acceptors (Lipinski definition) is 3. The highest BCUT2D eigenvalue weighted by atomic mass is 79.9. The third-order valence-corrected chi connectivity index (χ3v) is 3.84. The molecule has 2 heterocycles.